The molecule has 128 valence electrons. The molecular formula is C19H17ClFN3O. The van der Waals surface area contributed by atoms with Crippen molar-refractivity contribution in [3.8, 4) is 17.0 Å². The molecule has 1 aromatic carbocycles. The Balaban J connectivity index is 1.99. The van der Waals surface area contributed by atoms with Crippen LogP contribution in [0.3, 0.4) is 0 Å². The third kappa shape index (κ3) is 4.12. The summed E-state index contributed by atoms with van der Waals surface area (Å²) in [6.45, 7) is 4.22. The quantitative estimate of drug-likeness (QED) is 0.668. The van der Waals surface area contributed by atoms with Crippen molar-refractivity contribution in [3.63, 3.8) is 0 Å². The lowest BCUT2D eigenvalue weighted by Crippen LogP contribution is -2.00. The third-order valence-corrected chi connectivity index (χ3v) is 3.95. The fraction of sp³-hybridized carbons (Fsp3) is 0.211. The second-order valence-electron chi connectivity index (χ2n) is 5.57. The molecule has 0 bridgehead atoms. The molecule has 3 rings (SSSR count). The van der Waals surface area contributed by atoms with E-state index in [-0.39, 0.29) is 5.02 Å². The van der Waals surface area contributed by atoms with Crippen LogP contribution in [0.15, 0.2) is 42.9 Å². The van der Waals surface area contributed by atoms with Crippen molar-refractivity contribution in [2.24, 2.45) is 0 Å². The molecule has 0 N–H and O–H groups in total. The minimum Gasteiger partial charge on any atom is -0.478 e. The molecule has 2 heterocycles. The van der Waals surface area contributed by atoms with Gasteiger partial charge in [-0.1, -0.05) is 17.7 Å². The van der Waals surface area contributed by atoms with Crippen molar-refractivity contribution < 1.29 is 9.13 Å². The van der Waals surface area contributed by atoms with Gasteiger partial charge < -0.3 is 4.74 Å². The predicted octanol–water partition coefficient (Wildman–Crippen LogP) is 4.63. The summed E-state index contributed by atoms with van der Waals surface area (Å²) >= 11 is 5.92. The van der Waals surface area contributed by atoms with Crippen molar-refractivity contribution >= 4 is 11.6 Å². The van der Waals surface area contributed by atoms with Crippen LogP contribution in [0.5, 0.6) is 5.88 Å². The highest BCUT2D eigenvalue weighted by Crippen LogP contribution is 2.32. The number of hydrogen-bond acceptors (Lipinski definition) is 4. The minimum absolute atomic E-state index is 0.0669. The van der Waals surface area contributed by atoms with Crippen LogP contribution in [0.1, 0.15) is 23.9 Å². The number of hydrogen-bond donors (Lipinski definition) is 0. The van der Waals surface area contributed by atoms with Crippen molar-refractivity contribution in [3.05, 3.63) is 70.6 Å². The van der Waals surface area contributed by atoms with Gasteiger partial charge in [-0.3, -0.25) is 0 Å². The first-order valence-corrected chi connectivity index (χ1v) is 8.29. The van der Waals surface area contributed by atoms with Crippen LogP contribution in [0.2, 0.25) is 5.02 Å². The van der Waals surface area contributed by atoms with Crippen LogP contribution < -0.4 is 4.74 Å². The predicted molar refractivity (Wildman–Crippen MR) is 95.4 cm³/mol. The number of ether oxygens (including phenoxy) is 1. The van der Waals surface area contributed by atoms with E-state index >= 15 is 0 Å². The van der Waals surface area contributed by atoms with E-state index in [2.05, 4.69) is 15.0 Å². The summed E-state index contributed by atoms with van der Waals surface area (Å²) in [7, 11) is 0. The van der Waals surface area contributed by atoms with Crippen molar-refractivity contribution in [2.45, 2.75) is 20.3 Å². The van der Waals surface area contributed by atoms with E-state index in [1.54, 1.807) is 30.7 Å². The Kier molecular flexibility index (Phi) is 5.24. The maximum Gasteiger partial charge on any atom is 0.221 e. The molecule has 0 fully saturated rings. The molecule has 0 atom stereocenters. The number of rotatable bonds is 5. The zero-order valence-corrected chi connectivity index (χ0v) is 14.7. The van der Waals surface area contributed by atoms with E-state index in [1.165, 1.54) is 6.07 Å². The second kappa shape index (κ2) is 7.57. The van der Waals surface area contributed by atoms with Gasteiger partial charge in [-0.15, -0.1) is 0 Å². The first-order valence-electron chi connectivity index (χ1n) is 7.91. The lowest BCUT2D eigenvalue weighted by atomic mass is 10.0. The van der Waals surface area contributed by atoms with Crippen LogP contribution >= 0.6 is 11.6 Å². The highest BCUT2D eigenvalue weighted by molar-refractivity contribution is 6.31. The normalized spacial score (nSPS) is 10.7. The molecule has 4 nitrogen and oxygen atoms in total. The summed E-state index contributed by atoms with van der Waals surface area (Å²) in [5, 5.41) is 0.0669. The van der Waals surface area contributed by atoms with E-state index in [0.29, 0.717) is 18.9 Å². The molecule has 6 heteroatoms. The number of nitrogens with zero attached hydrogens (tertiary/aromatic N) is 3. The first kappa shape index (κ1) is 17.3. The molecule has 0 amide bonds. The average molecular weight is 358 g/mol. The highest BCUT2D eigenvalue weighted by Gasteiger charge is 2.12. The van der Waals surface area contributed by atoms with Crippen molar-refractivity contribution in [2.75, 3.05) is 6.61 Å². The van der Waals surface area contributed by atoms with E-state index in [1.807, 2.05) is 19.9 Å². The lowest BCUT2D eigenvalue weighted by molar-refractivity contribution is 0.328. The van der Waals surface area contributed by atoms with Gasteiger partial charge in [-0.05, 0) is 48.7 Å². The van der Waals surface area contributed by atoms with Crippen LogP contribution in [0.25, 0.3) is 11.1 Å². The molecule has 3 aromatic rings. The van der Waals surface area contributed by atoms with Gasteiger partial charge >= 0.3 is 0 Å². The summed E-state index contributed by atoms with van der Waals surface area (Å²) in [5.41, 5.74) is 3.49. The lowest BCUT2D eigenvalue weighted by Gasteiger charge is -2.12. The second-order valence-corrected chi connectivity index (χ2v) is 5.98. The summed E-state index contributed by atoms with van der Waals surface area (Å²) < 4.78 is 19.1. The van der Waals surface area contributed by atoms with Crippen LogP contribution in [0, 0.1) is 12.7 Å². The Morgan fingerprint density at radius 1 is 1.04 bits per heavy atom. The molecule has 0 aliphatic rings. The SMILES string of the molecule is CCOc1ncc(Cc2cnc(C)nc2)cc1-c1ccc(F)c(Cl)c1. The van der Waals surface area contributed by atoms with Crippen molar-refractivity contribution in [1.82, 2.24) is 15.0 Å². The van der Waals surface area contributed by atoms with E-state index in [0.717, 1.165) is 28.1 Å². The van der Waals surface area contributed by atoms with Gasteiger partial charge in [-0.2, -0.15) is 0 Å². The molecule has 0 spiro atoms. The summed E-state index contributed by atoms with van der Waals surface area (Å²) in [6.07, 6.45) is 6.00. The van der Waals surface area contributed by atoms with Crippen LogP contribution in [0.4, 0.5) is 4.39 Å². The zero-order chi connectivity index (χ0) is 17.8. The number of halogens is 2. The summed E-state index contributed by atoms with van der Waals surface area (Å²) in [5.74, 6) is 0.772. The van der Waals surface area contributed by atoms with Gasteiger partial charge in [0.05, 0.1) is 11.6 Å². The number of aryl methyl sites for hydroxylation is 1. The number of pyridine rings is 1. The molecule has 25 heavy (non-hydrogen) atoms. The van der Waals surface area contributed by atoms with Gasteiger partial charge in [-0.25, -0.2) is 19.3 Å². The fourth-order valence-electron chi connectivity index (χ4n) is 2.46. The highest BCUT2D eigenvalue weighted by atomic mass is 35.5. The largest absolute Gasteiger partial charge is 0.478 e. The van der Waals surface area contributed by atoms with Crippen LogP contribution in [-0.4, -0.2) is 21.6 Å². The summed E-state index contributed by atoms with van der Waals surface area (Å²) in [6, 6.07) is 6.56. The number of aromatic nitrogens is 3. The van der Waals surface area contributed by atoms with Gasteiger partial charge in [0.25, 0.3) is 0 Å². The standard InChI is InChI=1S/C19H17ClFN3O/c1-3-25-19-16(15-4-5-18(21)17(20)8-15)7-13(9-24-19)6-14-10-22-12(2)23-11-14/h4-5,7-11H,3,6H2,1-2H3. The summed E-state index contributed by atoms with van der Waals surface area (Å²) in [4.78, 5) is 12.8. The van der Waals surface area contributed by atoms with Gasteiger partial charge in [0.1, 0.15) is 11.6 Å². The fourth-order valence-corrected chi connectivity index (χ4v) is 2.64. The Bertz CT molecular complexity index is 884. The van der Waals surface area contributed by atoms with Gasteiger partial charge in [0.15, 0.2) is 0 Å². The molecule has 0 unspecified atom stereocenters. The zero-order valence-electron chi connectivity index (χ0n) is 14.0. The molecule has 2 aromatic heterocycles. The molecule has 0 aliphatic heterocycles. The Morgan fingerprint density at radius 2 is 1.76 bits per heavy atom. The first-order chi connectivity index (χ1) is 12.1. The molecule has 0 saturated heterocycles. The number of benzene rings is 1. The van der Waals surface area contributed by atoms with E-state index < -0.39 is 5.82 Å². The maximum atomic E-state index is 13.5. The smallest absolute Gasteiger partial charge is 0.221 e. The van der Waals surface area contributed by atoms with E-state index in [4.69, 9.17) is 16.3 Å². The maximum absolute atomic E-state index is 13.5. The van der Waals surface area contributed by atoms with E-state index in [9.17, 15) is 4.39 Å². The molecular weight excluding hydrogens is 341 g/mol. The molecule has 0 radical (unpaired) electrons. The van der Waals surface area contributed by atoms with Crippen molar-refractivity contribution in [1.29, 1.82) is 0 Å². The Labute approximate surface area is 150 Å². The molecule has 0 aliphatic carbocycles. The minimum atomic E-state index is -0.454. The van der Waals surface area contributed by atoms with Gasteiger partial charge in [0, 0.05) is 30.6 Å². The Morgan fingerprint density at radius 3 is 2.44 bits per heavy atom. The molecule has 0 saturated carbocycles. The topological polar surface area (TPSA) is 47.9 Å². The Hall–Kier alpha value is -2.53. The monoisotopic (exact) mass is 357 g/mol. The van der Waals surface area contributed by atoms with Crippen LogP contribution in [-0.2, 0) is 6.42 Å². The average Bonchev–Trinajstić information content (AvgIpc) is 2.61. The third-order valence-electron chi connectivity index (χ3n) is 3.66. The van der Waals surface area contributed by atoms with Gasteiger partial charge in [0.2, 0.25) is 5.88 Å².